The van der Waals surface area contributed by atoms with E-state index in [1.807, 2.05) is 6.07 Å². The fraction of sp³-hybridized carbons (Fsp3) is 0.400. The highest BCUT2D eigenvalue weighted by Gasteiger charge is 2.32. The lowest BCUT2D eigenvalue weighted by Crippen LogP contribution is -2.50. The van der Waals surface area contributed by atoms with Crippen molar-refractivity contribution in [2.75, 3.05) is 0 Å². The average molecular weight is 274 g/mol. The second kappa shape index (κ2) is 6.32. The van der Waals surface area contributed by atoms with Gasteiger partial charge in [0.2, 0.25) is 5.91 Å². The molecule has 2 amide bonds. The maximum Gasteiger partial charge on any atom is 0.251 e. The number of hydrogen-bond donors (Lipinski definition) is 2. The monoisotopic (exact) mass is 274 g/mol. The number of Topliss-reactive ketones (excluding diaryl/α,β-unsaturated/α-hetero) is 1. The highest BCUT2D eigenvalue weighted by molar-refractivity contribution is 5.97. The molecule has 1 aromatic rings. The molecule has 0 heterocycles. The number of benzene rings is 1. The van der Waals surface area contributed by atoms with Crippen molar-refractivity contribution >= 4 is 17.6 Å². The van der Waals surface area contributed by atoms with E-state index in [1.165, 1.54) is 0 Å². The summed E-state index contributed by atoms with van der Waals surface area (Å²) in [6.45, 7) is 0. The fourth-order valence-corrected chi connectivity index (χ4v) is 2.58. The first-order valence-electron chi connectivity index (χ1n) is 6.75. The molecule has 0 aliphatic heterocycles. The van der Waals surface area contributed by atoms with E-state index in [0.29, 0.717) is 18.4 Å². The largest absolute Gasteiger partial charge is 0.368 e. The summed E-state index contributed by atoms with van der Waals surface area (Å²) >= 11 is 0. The van der Waals surface area contributed by atoms with Crippen molar-refractivity contribution in [3.63, 3.8) is 0 Å². The Bertz CT molecular complexity index is 513. The van der Waals surface area contributed by atoms with Gasteiger partial charge in [-0.25, -0.2) is 0 Å². The van der Waals surface area contributed by atoms with Gasteiger partial charge in [0.1, 0.15) is 11.8 Å². The highest BCUT2D eigenvalue weighted by Crippen LogP contribution is 2.24. The van der Waals surface area contributed by atoms with E-state index >= 15 is 0 Å². The van der Waals surface area contributed by atoms with Crippen LogP contribution in [0.15, 0.2) is 30.3 Å². The number of carbonyl (C=O) groups excluding carboxylic acids is 3. The first-order valence-corrected chi connectivity index (χ1v) is 6.75. The van der Waals surface area contributed by atoms with E-state index < -0.39 is 11.9 Å². The molecule has 1 aliphatic rings. The number of primary amides is 1. The summed E-state index contributed by atoms with van der Waals surface area (Å²) in [5.74, 6) is -0.996. The Morgan fingerprint density at radius 2 is 1.95 bits per heavy atom. The number of nitrogens with one attached hydrogen (secondary N) is 1. The van der Waals surface area contributed by atoms with Gasteiger partial charge in [-0.05, 0) is 30.9 Å². The molecule has 5 nitrogen and oxygen atoms in total. The molecule has 0 spiro atoms. The summed E-state index contributed by atoms with van der Waals surface area (Å²) in [6.07, 6.45) is 2.33. The molecule has 1 aliphatic carbocycles. The van der Waals surface area contributed by atoms with Gasteiger partial charge in [-0.15, -0.1) is 0 Å². The van der Waals surface area contributed by atoms with Gasteiger partial charge in [0, 0.05) is 18.4 Å². The zero-order valence-corrected chi connectivity index (χ0v) is 11.2. The zero-order valence-electron chi connectivity index (χ0n) is 11.2. The summed E-state index contributed by atoms with van der Waals surface area (Å²) in [6, 6.07) is 7.85. The quantitative estimate of drug-likeness (QED) is 0.859. The minimum atomic E-state index is -0.785. The van der Waals surface area contributed by atoms with E-state index in [1.54, 1.807) is 24.3 Å². The van der Waals surface area contributed by atoms with Crippen molar-refractivity contribution in [2.24, 2.45) is 11.7 Å². The van der Waals surface area contributed by atoms with E-state index in [2.05, 4.69) is 5.32 Å². The molecule has 0 aromatic heterocycles. The Morgan fingerprint density at radius 3 is 2.55 bits per heavy atom. The van der Waals surface area contributed by atoms with Crippen molar-refractivity contribution in [3.8, 4) is 0 Å². The van der Waals surface area contributed by atoms with Gasteiger partial charge in [-0.2, -0.15) is 0 Å². The molecule has 0 bridgehead atoms. The second-order valence-electron chi connectivity index (χ2n) is 5.11. The number of rotatable bonds is 4. The van der Waals surface area contributed by atoms with Gasteiger partial charge >= 0.3 is 0 Å². The lowest BCUT2D eigenvalue weighted by molar-refractivity contribution is -0.124. The molecule has 1 fully saturated rings. The Kier molecular flexibility index (Phi) is 4.50. The van der Waals surface area contributed by atoms with Crippen LogP contribution in [0.4, 0.5) is 0 Å². The standard InChI is InChI=1S/C15H18N2O3/c16-14(19)13(11-7-4-8-12(18)9-11)17-15(20)10-5-2-1-3-6-10/h1-3,5-6,11,13H,4,7-9H2,(H2,16,19)(H,17,20)/t11-,13+/m0/s1. The van der Waals surface area contributed by atoms with Crippen LogP contribution in [0.2, 0.25) is 0 Å². The van der Waals surface area contributed by atoms with Gasteiger partial charge in [-0.1, -0.05) is 18.2 Å². The van der Waals surface area contributed by atoms with Crippen molar-refractivity contribution in [2.45, 2.75) is 31.7 Å². The van der Waals surface area contributed by atoms with Crippen LogP contribution in [0.1, 0.15) is 36.0 Å². The summed E-state index contributed by atoms with van der Waals surface area (Å²) in [4.78, 5) is 35.1. The Hall–Kier alpha value is -2.17. The maximum absolute atomic E-state index is 12.1. The van der Waals surface area contributed by atoms with Crippen molar-refractivity contribution < 1.29 is 14.4 Å². The third kappa shape index (κ3) is 3.44. The Balaban J connectivity index is 2.08. The molecule has 3 N–H and O–H groups in total. The number of hydrogen-bond acceptors (Lipinski definition) is 3. The summed E-state index contributed by atoms with van der Waals surface area (Å²) in [7, 11) is 0. The van der Waals surface area contributed by atoms with Crippen molar-refractivity contribution in [3.05, 3.63) is 35.9 Å². The topological polar surface area (TPSA) is 89.3 Å². The summed E-state index contributed by atoms with van der Waals surface area (Å²) < 4.78 is 0. The van der Waals surface area contributed by atoms with Crippen LogP contribution in [0, 0.1) is 5.92 Å². The molecule has 1 aromatic carbocycles. The van der Waals surface area contributed by atoms with Crippen LogP contribution in [-0.2, 0) is 9.59 Å². The molecular formula is C15H18N2O3. The third-order valence-corrected chi connectivity index (χ3v) is 3.62. The predicted molar refractivity (Wildman–Crippen MR) is 73.9 cm³/mol. The van der Waals surface area contributed by atoms with Gasteiger partial charge < -0.3 is 11.1 Å². The van der Waals surface area contributed by atoms with E-state index in [4.69, 9.17) is 5.73 Å². The highest BCUT2D eigenvalue weighted by atomic mass is 16.2. The van der Waals surface area contributed by atoms with Crippen LogP contribution in [0.3, 0.4) is 0 Å². The van der Waals surface area contributed by atoms with Crippen molar-refractivity contribution in [1.82, 2.24) is 5.32 Å². The van der Waals surface area contributed by atoms with Crippen molar-refractivity contribution in [1.29, 1.82) is 0 Å². The van der Waals surface area contributed by atoms with E-state index in [0.717, 1.165) is 12.8 Å². The SMILES string of the molecule is NC(=O)[C@H](NC(=O)c1ccccc1)[C@H]1CCCC(=O)C1. The molecule has 106 valence electrons. The van der Waals surface area contributed by atoms with Crippen LogP contribution in [-0.4, -0.2) is 23.6 Å². The predicted octanol–water partition coefficient (Wildman–Crippen LogP) is 1.03. The van der Waals surface area contributed by atoms with Gasteiger partial charge in [0.25, 0.3) is 5.91 Å². The molecule has 5 heteroatoms. The van der Waals surface area contributed by atoms with Gasteiger partial charge in [0.05, 0.1) is 0 Å². The number of amides is 2. The summed E-state index contributed by atoms with van der Waals surface area (Å²) in [5.41, 5.74) is 5.85. The maximum atomic E-state index is 12.1. The van der Waals surface area contributed by atoms with E-state index in [-0.39, 0.29) is 17.6 Å². The second-order valence-corrected chi connectivity index (χ2v) is 5.11. The van der Waals surface area contributed by atoms with Crippen LogP contribution in [0.5, 0.6) is 0 Å². The molecule has 2 rings (SSSR count). The number of ketones is 1. The van der Waals surface area contributed by atoms with Crippen LogP contribution < -0.4 is 11.1 Å². The molecule has 0 unspecified atom stereocenters. The lowest BCUT2D eigenvalue weighted by Gasteiger charge is -2.28. The molecule has 0 radical (unpaired) electrons. The summed E-state index contributed by atoms with van der Waals surface area (Å²) in [5, 5.41) is 2.66. The van der Waals surface area contributed by atoms with Crippen LogP contribution >= 0.6 is 0 Å². The molecule has 2 atom stereocenters. The minimum Gasteiger partial charge on any atom is -0.368 e. The Morgan fingerprint density at radius 1 is 1.25 bits per heavy atom. The van der Waals surface area contributed by atoms with Crippen LogP contribution in [0.25, 0.3) is 0 Å². The number of carbonyl (C=O) groups is 3. The minimum absolute atomic E-state index is 0.126. The van der Waals surface area contributed by atoms with Gasteiger partial charge in [-0.3, -0.25) is 14.4 Å². The normalized spacial score (nSPS) is 20.2. The average Bonchev–Trinajstić information content (AvgIpc) is 2.45. The zero-order chi connectivity index (χ0) is 14.5. The molecule has 0 saturated heterocycles. The molecular weight excluding hydrogens is 256 g/mol. The lowest BCUT2D eigenvalue weighted by atomic mass is 9.82. The Labute approximate surface area is 117 Å². The number of nitrogens with two attached hydrogens (primary N) is 1. The first-order chi connectivity index (χ1) is 9.58. The molecule has 20 heavy (non-hydrogen) atoms. The smallest absolute Gasteiger partial charge is 0.251 e. The first kappa shape index (κ1) is 14.2. The fourth-order valence-electron chi connectivity index (χ4n) is 2.58. The van der Waals surface area contributed by atoms with E-state index in [9.17, 15) is 14.4 Å². The van der Waals surface area contributed by atoms with Gasteiger partial charge in [0.15, 0.2) is 0 Å². The molecule has 1 saturated carbocycles. The third-order valence-electron chi connectivity index (χ3n) is 3.62.